The van der Waals surface area contributed by atoms with Gasteiger partial charge in [-0.15, -0.1) is 0 Å². The molecule has 0 heterocycles. The molecule has 200 valence electrons. The minimum atomic E-state index is -1.36. The van der Waals surface area contributed by atoms with Gasteiger partial charge in [0, 0.05) is 11.8 Å². The van der Waals surface area contributed by atoms with Crippen LogP contribution in [-0.2, 0) is 4.79 Å². The molecule has 0 aromatic heterocycles. The first-order valence-electron chi connectivity index (χ1n) is 14.3. The fraction of sp³-hybridized carbons (Fsp3) is 0.967. The molecule has 5 heteroatoms. The summed E-state index contributed by atoms with van der Waals surface area (Å²) in [6, 6.07) is 0. The number of rotatable bonds is 5. The van der Waals surface area contributed by atoms with Gasteiger partial charge in [-0.3, -0.25) is 4.79 Å². The van der Waals surface area contributed by atoms with Gasteiger partial charge in [0.25, 0.3) is 0 Å². The molecule has 35 heavy (non-hydrogen) atoms. The van der Waals surface area contributed by atoms with E-state index in [1.54, 1.807) is 0 Å². The number of hydrogen-bond donors (Lipinski definition) is 4. The van der Waals surface area contributed by atoms with Crippen LogP contribution in [0.3, 0.4) is 0 Å². The third-order valence-electron chi connectivity index (χ3n) is 13.2. The fourth-order valence-corrected chi connectivity index (χ4v) is 11.4. The second kappa shape index (κ2) is 7.55. The molecule has 11 atom stereocenters. The topological polar surface area (TPSA) is 98.0 Å². The normalized spacial score (nSPS) is 50.9. The van der Waals surface area contributed by atoms with Crippen LogP contribution < -0.4 is 0 Å². The Morgan fingerprint density at radius 2 is 1.57 bits per heavy atom. The Hall–Kier alpha value is -0.490. The van der Waals surface area contributed by atoms with Crippen molar-refractivity contribution in [2.75, 3.05) is 0 Å². The summed E-state index contributed by atoms with van der Waals surface area (Å²) in [4.78, 5) is 12.9. The van der Waals surface area contributed by atoms with Crippen LogP contribution in [0.15, 0.2) is 0 Å². The second-order valence-corrected chi connectivity index (χ2v) is 15.3. The fourth-order valence-electron chi connectivity index (χ4n) is 11.4. The first-order chi connectivity index (χ1) is 16.0. The van der Waals surface area contributed by atoms with Gasteiger partial charge in [0.1, 0.15) is 11.9 Å². The summed E-state index contributed by atoms with van der Waals surface area (Å²) in [5.74, 6) is 1.63. The minimum absolute atomic E-state index is 0.0300. The van der Waals surface area contributed by atoms with Crippen molar-refractivity contribution in [3.05, 3.63) is 0 Å². The Bertz CT molecular complexity index is 892. The molecule has 0 unspecified atom stereocenters. The number of carbonyl (C=O) groups excluding carboxylic acids is 1. The molecule has 5 fully saturated rings. The standard InChI is InChI=1S/C30H50O5/c1-17(14-18(31)24(34)26(4,5)35)23-19(32)15-28(7)21-9-8-20-25(2,3)22(33)10-11-29(20)16-30(21,29)13-12-27(23,28)6/h17-21,23-24,31-32,34-35H,8-16H2,1-7H3/t17-,18+,19-,20+,21+,23+,24+,27-,28+,29-,30+/m1/s1. The van der Waals surface area contributed by atoms with E-state index in [1.165, 1.54) is 26.7 Å². The van der Waals surface area contributed by atoms with E-state index in [9.17, 15) is 25.2 Å². The highest BCUT2D eigenvalue weighted by molar-refractivity contribution is 5.86. The van der Waals surface area contributed by atoms with Gasteiger partial charge in [-0.25, -0.2) is 0 Å². The van der Waals surface area contributed by atoms with Crippen LogP contribution in [-0.4, -0.2) is 50.1 Å². The van der Waals surface area contributed by atoms with Crippen molar-refractivity contribution in [3.63, 3.8) is 0 Å². The van der Waals surface area contributed by atoms with E-state index in [-0.39, 0.29) is 28.1 Å². The number of aliphatic hydroxyl groups excluding tert-OH is 3. The van der Waals surface area contributed by atoms with Crippen molar-refractivity contribution in [2.45, 2.75) is 130 Å². The van der Waals surface area contributed by atoms with Crippen molar-refractivity contribution in [3.8, 4) is 0 Å². The van der Waals surface area contributed by atoms with Crippen molar-refractivity contribution in [1.82, 2.24) is 0 Å². The van der Waals surface area contributed by atoms with Gasteiger partial charge in [0.05, 0.1) is 17.8 Å². The Morgan fingerprint density at radius 3 is 2.20 bits per heavy atom. The maximum Gasteiger partial charge on any atom is 0.138 e. The van der Waals surface area contributed by atoms with E-state index in [1.807, 2.05) is 0 Å². The van der Waals surface area contributed by atoms with Gasteiger partial charge in [0.2, 0.25) is 0 Å². The van der Waals surface area contributed by atoms with Crippen molar-refractivity contribution in [1.29, 1.82) is 0 Å². The molecule has 0 bridgehead atoms. The molecule has 5 aliphatic rings. The summed E-state index contributed by atoms with van der Waals surface area (Å²) in [5.41, 5.74) is -0.924. The first-order valence-corrected chi connectivity index (χ1v) is 14.3. The predicted molar refractivity (Wildman–Crippen MR) is 135 cm³/mol. The Labute approximate surface area is 212 Å². The Balaban J connectivity index is 1.42. The van der Waals surface area contributed by atoms with Gasteiger partial charge < -0.3 is 20.4 Å². The third-order valence-corrected chi connectivity index (χ3v) is 13.2. The zero-order chi connectivity index (χ0) is 26.0. The van der Waals surface area contributed by atoms with Crippen LogP contribution >= 0.6 is 0 Å². The zero-order valence-electron chi connectivity index (χ0n) is 23.1. The largest absolute Gasteiger partial charge is 0.393 e. The first kappa shape index (κ1) is 26.1. The van der Waals surface area contributed by atoms with Gasteiger partial charge in [-0.05, 0) is 111 Å². The summed E-state index contributed by atoms with van der Waals surface area (Å²) < 4.78 is 0. The molecule has 0 aliphatic heterocycles. The van der Waals surface area contributed by atoms with E-state index < -0.39 is 23.9 Å². The van der Waals surface area contributed by atoms with Crippen LogP contribution in [0.1, 0.15) is 106 Å². The number of fused-ring (bicyclic) bond motifs is 2. The third kappa shape index (κ3) is 3.17. The van der Waals surface area contributed by atoms with Gasteiger partial charge in [-0.2, -0.15) is 0 Å². The average Bonchev–Trinajstić information content (AvgIpc) is 3.35. The quantitative estimate of drug-likeness (QED) is 0.455. The lowest BCUT2D eigenvalue weighted by atomic mass is 9.42. The van der Waals surface area contributed by atoms with Crippen LogP contribution in [0.25, 0.3) is 0 Å². The molecular formula is C30H50O5. The number of ketones is 1. The van der Waals surface area contributed by atoms with E-state index in [4.69, 9.17) is 0 Å². The SMILES string of the molecule is C[C@H](C[C@H](O)[C@H](O)C(C)(C)O)[C@H]1[C@H](O)C[C@@]2(C)[C@@H]3CC[C@H]4C(C)(C)C(=O)CC[C@@]45C[C@@]35CC[C@]12C. The van der Waals surface area contributed by atoms with E-state index in [2.05, 4.69) is 34.6 Å². The molecule has 0 saturated heterocycles. The maximum atomic E-state index is 12.9. The zero-order valence-corrected chi connectivity index (χ0v) is 23.1. The molecular weight excluding hydrogens is 440 g/mol. The van der Waals surface area contributed by atoms with Crippen LogP contribution in [0.5, 0.6) is 0 Å². The van der Waals surface area contributed by atoms with Gasteiger partial charge in [0.15, 0.2) is 0 Å². The molecule has 0 amide bonds. The highest BCUT2D eigenvalue weighted by atomic mass is 16.4. The lowest BCUT2D eigenvalue weighted by Gasteiger charge is -2.62. The van der Waals surface area contributed by atoms with Crippen LogP contribution in [0, 0.1) is 50.7 Å². The highest BCUT2D eigenvalue weighted by Crippen LogP contribution is 2.88. The maximum absolute atomic E-state index is 12.9. The number of aliphatic hydroxyl groups is 4. The minimum Gasteiger partial charge on any atom is -0.393 e. The van der Waals surface area contributed by atoms with Gasteiger partial charge >= 0.3 is 0 Å². The molecule has 0 aromatic rings. The highest BCUT2D eigenvalue weighted by Gasteiger charge is 2.82. The van der Waals surface area contributed by atoms with E-state index in [0.717, 1.165) is 38.5 Å². The lowest BCUT2D eigenvalue weighted by Crippen LogP contribution is -2.57. The molecule has 4 N–H and O–H groups in total. The molecule has 5 aliphatic carbocycles. The molecule has 5 rings (SSSR count). The summed E-state index contributed by atoms with van der Waals surface area (Å²) in [5, 5.41) is 42.9. The molecule has 5 saturated carbocycles. The Morgan fingerprint density at radius 1 is 0.971 bits per heavy atom. The molecule has 5 nitrogen and oxygen atoms in total. The summed E-state index contributed by atoms with van der Waals surface area (Å²) in [6.07, 6.45) is 6.14. The summed E-state index contributed by atoms with van der Waals surface area (Å²) in [6.45, 7) is 14.4. The van der Waals surface area contributed by atoms with Gasteiger partial charge in [-0.1, -0.05) is 34.6 Å². The van der Waals surface area contributed by atoms with Crippen molar-refractivity contribution in [2.24, 2.45) is 50.7 Å². The molecule has 2 spiro atoms. The van der Waals surface area contributed by atoms with Crippen LogP contribution in [0.2, 0.25) is 0 Å². The molecule has 0 aromatic carbocycles. The lowest BCUT2D eigenvalue weighted by molar-refractivity contribution is -0.158. The number of carbonyl (C=O) groups is 1. The summed E-state index contributed by atoms with van der Waals surface area (Å²) in [7, 11) is 0. The molecule has 0 radical (unpaired) electrons. The predicted octanol–water partition coefficient (Wildman–Crippen LogP) is 4.48. The van der Waals surface area contributed by atoms with Crippen LogP contribution in [0.4, 0.5) is 0 Å². The monoisotopic (exact) mass is 490 g/mol. The summed E-state index contributed by atoms with van der Waals surface area (Å²) >= 11 is 0. The Kier molecular flexibility index (Phi) is 5.63. The smallest absolute Gasteiger partial charge is 0.138 e. The van der Waals surface area contributed by atoms with Crippen molar-refractivity contribution < 1.29 is 25.2 Å². The number of Topliss-reactive ketones (excluding diaryl/α,β-unsaturated/α-hetero) is 1. The van der Waals surface area contributed by atoms with Crippen molar-refractivity contribution >= 4 is 5.78 Å². The number of hydrogen-bond acceptors (Lipinski definition) is 5. The van der Waals surface area contributed by atoms with E-state index >= 15 is 0 Å². The van der Waals surface area contributed by atoms with E-state index in [0.29, 0.717) is 34.9 Å². The second-order valence-electron chi connectivity index (χ2n) is 15.3. The average molecular weight is 491 g/mol.